The van der Waals surface area contributed by atoms with E-state index < -0.39 is 0 Å². The SMILES string of the molecule is CCNC(=NCc1ncc(C(C)(C)C)o1)N(C)Cc1cnn(C)c1.I. The van der Waals surface area contributed by atoms with E-state index in [1.165, 1.54) is 0 Å². The molecule has 2 aromatic heterocycles. The van der Waals surface area contributed by atoms with Gasteiger partial charge in [0, 0.05) is 44.4 Å². The molecule has 7 nitrogen and oxygen atoms in total. The van der Waals surface area contributed by atoms with Crippen LogP contribution >= 0.6 is 24.0 Å². The van der Waals surface area contributed by atoms with Gasteiger partial charge < -0.3 is 14.6 Å². The summed E-state index contributed by atoms with van der Waals surface area (Å²) in [6, 6.07) is 0. The molecule has 0 saturated heterocycles. The smallest absolute Gasteiger partial charge is 0.216 e. The summed E-state index contributed by atoms with van der Waals surface area (Å²) in [5.74, 6) is 2.32. The van der Waals surface area contributed by atoms with Crippen molar-refractivity contribution < 1.29 is 4.42 Å². The van der Waals surface area contributed by atoms with Gasteiger partial charge in [-0.3, -0.25) is 4.68 Å². The summed E-state index contributed by atoms with van der Waals surface area (Å²) in [6.07, 6.45) is 5.66. The van der Waals surface area contributed by atoms with Crippen molar-refractivity contribution in [2.24, 2.45) is 12.0 Å². The maximum Gasteiger partial charge on any atom is 0.216 e. The van der Waals surface area contributed by atoms with Gasteiger partial charge in [0.25, 0.3) is 0 Å². The Bertz CT molecular complexity index is 685. The van der Waals surface area contributed by atoms with Crippen LogP contribution in [-0.2, 0) is 25.6 Å². The molecular formula is C17H29IN6O. The molecule has 0 aromatic carbocycles. The second-order valence-corrected chi connectivity index (χ2v) is 6.92. The average Bonchev–Trinajstić information content (AvgIpc) is 3.12. The Hall–Kier alpha value is -1.58. The van der Waals surface area contributed by atoms with E-state index in [0.717, 1.165) is 30.4 Å². The zero-order chi connectivity index (χ0) is 17.7. The molecule has 2 heterocycles. The number of rotatable bonds is 5. The van der Waals surface area contributed by atoms with Crippen LogP contribution in [0.3, 0.4) is 0 Å². The quantitative estimate of drug-likeness (QED) is 0.422. The minimum absolute atomic E-state index is 0. The monoisotopic (exact) mass is 460 g/mol. The van der Waals surface area contributed by atoms with Gasteiger partial charge in [0.05, 0.1) is 12.4 Å². The Balaban J connectivity index is 0.00000312. The zero-order valence-corrected chi connectivity index (χ0v) is 18.2. The molecule has 2 rings (SSSR count). The van der Waals surface area contributed by atoms with Crippen LogP contribution in [0.5, 0.6) is 0 Å². The summed E-state index contributed by atoms with van der Waals surface area (Å²) < 4.78 is 7.60. The second kappa shape index (κ2) is 9.21. The molecule has 0 aliphatic carbocycles. The number of guanidine groups is 1. The topological polar surface area (TPSA) is 71.5 Å². The van der Waals surface area contributed by atoms with Crippen molar-refractivity contribution in [1.29, 1.82) is 0 Å². The van der Waals surface area contributed by atoms with E-state index in [-0.39, 0.29) is 29.4 Å². The van der Waals surface area contributed by atoms with Gasteiger partial charge in [-0.15, -0.1) is 24.0 Å². The van der Waals surface area contributed by atoms with E-state index >= 15 is 0 Å². The van der Waals surface area contributed by atoms with Crippen molar-refractivity contribution in [3.8, 4) is 0 Å². The number of aromatic nitrogens is 3. The number of aryl methyl sites for hydroxylation is 1. The van der Waals surface area contributed by atoms with E-state index in [9.17, 15) is 0 Å². The summed E-state index contributed by atoms with van der Waals surface area (Å²) >= 11 is 0. The first-order valence-corrected chi connectivity index (χ1v) is 8.21. The maximum atomic E-state index is 5.80. The lowest BCUT2D eigenvalue weighted by Crippen LogP contribution is -2.38. The molecule has 0 spiro atoms. The number of nitrogens with one attached hydrogen (secondary N) is 1. The predicted molar refractivity (Wildman–Crippen MR) is 110 cm³/mol. The van der Waals surface area contributed by atoms with Gasteiger partial charge in [0.15, 0.2) is 5.96 Å². The van der Waals surface area contributed by atoms with E-state index in [4.69, 9.17) is 4.42 Å². The Morgan fingerprint density at radius 1 is 1.36 bits per heavy atom. The Morgan fingerprint density at radius 3 is 2.60 bits per heavy atom. The fraction of sp³-hybridized carbons (Fsp3) is 0.588. The summed E-state index contributed by atoms with van der Waals surface area (Å²) in [5.41, 5.74) is 1.09. The van der Waals surface area contributed by atoms with Crippen molar-refractivity contribution in [3.05, 3.63) is 35.8 Å². The highest BCUT2D eigenvalue weighted by Crippen LogP contribution is 2.22. The van der Waals surface area contributed by atoms with Crippen LogP contribution in [0.15, 0.2) is 28.0 Å². The molecule has 0 aliphatic rings. The normalized spacial score (nSPS) is 12.0. The highest BCUT2D eigenvalue weighted by Gasteiger charge is 2.19. The highest BCUT2D eigenvalue weighted by atomic mass is 127. The molecular weight excluding hydrogens is 431 g/mol. The maximum absolute atomic E-state index is 5.80. The van der Waals surface area contributed by atoms with Gasteiger partial charge in [-0.2, -0.15) is 5.10 Å². The van der Waals surface area contributed by atoms with Gasteiger partial charge >= 0.3 is 0 Å². The van der Waals surface area contributed by atoms with Crippen molar-refractivity contribution in [1.82, 2.24) is 25.0 Å². The number of halogens is 1. The van der Waals surface area contributed by atoms with Crippen LogP contribution in [0, 0.1) is 0 Å². The van der Waals surface area contributed by atoms with Gasteiger partial charge in [0.2, 0.25) is 5.89 Å². The molecule has 0 aliphatic heterocycles. The van der Waals surface area contributed by atoms with Gasteiger partial charge in [-0.1, -0.05) is 20.8 Å². The number of oxazole rings is 1. The molecule has 0 bridgehead atoms. The Morgan fingerprint density at radius 2 is 2.08 bits per heavy atom. The molecule has 2 aromatic rings. The summed E-state index contributed by atoms with van der Waals surface area (Å²) in [4.78, 5) is 11.0. The lowest BCUT2D eigenvalue weighted by Gasteiger charge is -2.21. The van der Waals surface area contributed by atoms with E-state index in [0.29, 0.717) is 12.4 Å². The van der Waals surface area contributed by atoms with Crippen LogP contribution < -0.4 is 5.32 Å². The van der Waals surface area contributed by atoms with Gasteiger partial charge in [-0.05, 0) is 6.92 Å². The van der Waals surface area contributed by atoms with Crippen LogP contribution in [0.1, 0.15) is 44.9 Å². The van der Waals surface area contributed by atoms with Crippen LogP contribution in [0.4, 0.5) is 0 Å². The lowest BCUT2D eigenvalue weighted by atomic mass is 9.94. The minimum Gasteiger partial charge on any atom is -0.443 e. The zero-order valence-electron chi connectivity index (χ0n) is 15.9. The van der Waals surface area contributed by atoms with Crippen molar-refractivity contribution in [2.45, 2.75) is 46.2 Å². The van der Waals surface area contributed by atoms with Crippen LogP contribution in [0.2, 0.25) is 0 Å². The van der Waals surface area contributed by atoms with Crippen LogP contribution in [-0.4, -0.2) is 39.2 Å². The largest absolute Gasteiger partial charge is 0.443 e. The van der Waals surface area contributed by atoms with E-state index in [1.807, 2.05) is 26.5 Å². The fourth-order valence-electron chi connectivity index (χ4n) is 2.24. The van der Waals surface area contributed by atoms with Crippen molar-refractivity contribution >= 4 is 29.9 Å². The summed E-state index contributed by atoms with van der Waals surface area (Å²) in [7, 11) is 3.92. The van der Waals surface area contributed by atoms with E-state index in [2.05, 4.69) is 53.0 Å². The number of nitrogens with zero attached hydrogens (tertiary/aromatic N) is 5. The Labute approximate surface area is 166 Å². The fourth-order valence-corrected chi connectivity index (χ4v) is 2.24. The average molecular weight is 460 g/mol. The molecule has 0 unspecified atom stereocenters. The molecule has 1 N–H and O–H groups in total. The van der Waals surface area contributed by atoms with E-state index in [1.54, 1.807) is 10.9 Å². The third-order valence-corrected chi connectivity index (χ3v) is 3.53. The molecule has 0 amide bonds. The van der Waals surface area contributed by atoms with Gasteiger partial charge in [0.1, 0.15) is 12.3 Å². The Kier molecular flexibility index (Phi) is 7.91. The lowest BCUT2D eigenvalue weighted by molar-refractivity contribution is 0.382. The van der Waals surface area contributed by atoms with Crippen molar-refractivity contribution in [3.63, 3.8) is 0 Å². The third kappa shape index (κ3) is 6.33. The standard InChI is InChI=1S/C17H28N6O.HI/c1-7-18-16(22(5)11-13-8-21-23(6)12-13)20-10-15-19-9-14(24-15)17(2,3)4;/h8-9,12H,7,10-11H2,1-6H3,(H,18,20);1H. The second-order valence-electron chi connectivity index (χ2n) is 6.92. The number of hydrogen-bond donors (Lipinski definition) is 1. The number of hydrogen-bond acceptors (Lipinski definition) is 4. The van der Waals surface area contributed by atoms with Crippen molar-refractivity contribution in [2.75, 3.05) is 13.6 Å². The summed E-state index contributed by atoms with van der Waals surface area (Å²) in [5, 5.41) is 7.49. The first-order valence-electron chi connectivity index (χ1n) is 8.21. The molecule has 25 heavy (non-hydrogen) atoms. The molecule has 0 saturated carbocycles. The predicted octanol–water partition coefficient (Wildman–Crippen LogP) is 2.92. The number of aliphatic imine (C=N–C) groups is 1. The summed E-state index contributed by atoms with van der Waals surface area (Å²) in [6.45, 7) is 10.3. The van der Waals surface area contributed by atoms with Gasteiger partial charge in [-0.25, -0.2) is 9.98 Å². The molecule has 0 atom stereocenters. The molecule has 140 valence electrons. The first kappa shape index (κ1) is 21.5. The molecule has 8 heteroatoms. The van der Waals surface area contributed by atoms with Crippen LogP contribution in [0.25, 0.3) is 0 Å². The molecule has 0 radical (unpaired) electrons. The first-order chi connectivity index (χ1) is 11.3. The minimum atomic E-state index is -0.0451. The third-order valence-electron chi connectivity index (χ3n) is 3.53. The molecule has 0 fully saturated rings. The highest BCUT2D eigenvalue weighted by molar-refractivity contribution is 14.0.